The molecule has 0 spiro atoms. The Kier molecular flexibility index (Phi) is 4.66. The molecule has 0 bridgehead atoms. The molecule has 1 aromatic heterocycles. The summed E-state index contributed by atoms with van der Waals surface area (Å²) in [6.45, 7) is 2.26. The zero-order chi connectivity index (χ0) is 12.1. The van der Waals surface area contributed by atoms with Crippen LogP contribution in [0.2, 0.25) is 0 Å². The first kappa shape index (κ1) is 12.7. The van der Waals surface area contributed by atoms with Gasteiger partial charge < -0.3 is 9.52 Å². The van der Waals surface area contributed by atoms with Gasteiger partial charge in [0.1, 0.15) is 11.9 Å². The Balaban J connectivity index is 1.79. The maximum atomic E-state index is 10.2. The summed E-state index contributed by atoms with van der Waals surface area (Å²) in [6.07, 6.45) is 10.1. The zero-order valence-corrected chi connectivity index (χ0v) is 10.8. The van der Waals surface area contributed by atoms with Gasteiger partial charge in [-0.15, -0.1) is 0 Å². The van der Waals surface area contributed by atoms with Gasteiger partial charge in [-0.25, -0.2) is 0 Å². The van der Waals surface area contributed by atoms with Crippen LogP contribution in [-0.2, 0) is 0 Å². The molecule has 0 aromatic carbocycles. The Hall–Kier alpha value is -0.760. The maximum absolute atomic E-state index is 10.2. The Morgan fingerprint density at radius 2 is 2.12 bits per heavy atom. The predicted molar refractivity (Wildman–Crippen MR) is 68.6 cm³/mol. The third-order valence-corrected chi connectivity index (χ3v) is 4.14. The standard InChI is InChI=1S/C15H24O2/c1-2-3-5-12-7-9-13(10-8-12)15(16)14-6-4-11-17-14/h4,6,11-13,15-16H,2-3,5,7-10H2,1H3. The molecular formula is C15H24O2. The molecule has 0 aliphatic heterocycles. The summed E-state index contributed by atoms with van der Waals surface area (Å²) in [5, 5.41) is 10.2. The summed E-state index contributed by atoms with van der Waals surface area (Å²) in [7, 11) is 0. The van der Waals surface area contributed by atoms with E-state index in [1.165, 1.54) is 32.1 Å². The second-order valence-electron chi connectivity index (χ2n) is 5.38. The maximum Gasteiger partial charge on any atom is 0.132 e. The molecule has 0 saturated heterocycles. The zero-order valence-electron chi connectivity index (χ0n) is 10.8. The smallest absolute Gasteiger partial charge is 0.132 e. The van der Waals surface area contributed by atoms with Crippen molar-refractivity contribution in [2.75, 3.05) is 0 Å². The van der Waals surface area contributed by atoms with E-state index in [0.717, 1.165) is 24.5 Å². The molecule has 1 unspecified atom stereocenters. The van der Waals surface area contributed by atoms with Gasteiger partial charge in [-0.05, 0) is 36.8 Å². The molecule has 1 aliphatic rings. The fourth-order valence-electron chi connectivity index (χ4n) is 2.98. The topological polar surface area (TPSA) is 33.4 Å². The van der Waals surface area contributed by atoms with Crippen LogP contribution in [-0.4, -0.2) is 5.11 Å². The van der Waals surface area contributed by atoms with Gasteiger partial charge in [-0.2, -0.15) is 0 Å². The molecule has 1 heterocycles. The van der Waals surface area contributed by atoms with Crippen LogP contribution in [0.3, 0.4) is 0 Å². The van der Waals surface area contributed by atoms with Crippen molar-refractivity contribution in [1.29, 1.82) is 0 Å². The van der Waals surface area contributed by atoms with Crippen molar-refractivity contribution in [3.05, 3.63) is 24.2 Å². The van der Waals surface area contributed by atoms with Gasteiger partial charge in [0, 0.05) is 0 Å². The number of furan rings is 1. The van der Waals surface area contributed by atoms with Crippen LogP contribution < -0.4 is 0 Å². The molecule has 1 atom stereocenters. The molecule has 1 saturated carbocycles. The highest BCUT2D eigenvalue weighted by Gasteiger charge is 2.28. The average Bonchev–Trinajstić information content (AvgIpc) is 2.90. The quantitative estimate of drug-likeness (QED) is 0.826. The van der Waals surface area contributed by atoms with E-state index in [1.807, 2.05) is 12.1 Å². The van der Waals surface area contributed by atoms with E-state index in [2.05, 4.69) is 6.92 Å². The monoisotopic (exact) mass is 236 g/mol. The molecule has 1 aliphatic carbocycles. The Morgan fingerprint density at radius 3 is 2.71 bits per heavy atom. The third kappa shape index (κ3) is 3.35. The van der Waals surface area contributed by atoms with Gasteiger partial charge in [-0.1, -0.05) is 39.0 Å². The number of hydrogen-bond acceptors (Lipinski definition) is 2. The van der Waals surface area contributed by atoms with Gasteiger partial charge in [-0.3, -0.25) is 0 Å². The number of aliphatic hydroxyl groups is 1. The molecule has 1 N–H and O–H groups in total. The van der Waals surface area contributed by atoms with E-state index in [1.54, 1.807) is 6.26 Å². The number of hydrogen-bond donors (Lipinski definition) is 1. The van der Waals surface area contributed by atoms with Gasteiger partial charge in [0.2, 0.25) is 0 Å². The average molecular weight is 236 g/mol. The summed E-state index contributed by atoms with van der Waals surface area (Å²) in [5.41, 5.74) is 0. The van der Waals surface area contributed by atoms with Crippen molar-refractivity contribution >= 4 is 0 Å². The highest BCUT2D eigenvalue weighted by atomic mass is 16.4. The minimum Gasteiger partial charge on any atom is -0.467 e. The van der Waals surface area contributed by atoms with E-state index < -0.39 is 6.10 Å². The van der Waals surface area contributed by atoms with E-state index in [9.17, 15) is 5.11 Å². The van der Waals surface area contributed by atoms with E-state index in [0.29, 0.717) is 5.92 Å². The fourth-order valence-corrected chi connectivity index (χ4v) is 2.98. The van der Waals surface area contributed by atoms with Crippen molar-refractivity contribution in [2.24, 2.45) is 11.8 Å². The molecule has 2 rings (SSSR count). The van der Waals surface area contributed by atoms with Crippen molar-refractivity contribution in [3.8, 4) is 0 Å². The van der Waals surface area contributed by atoms with Crippen molar-refractivity contribution in [1.82, 2.24) is 0 Å². The Bertz CT molecular complexity index is 297. The second kappa shape index (κ2) is 6.25. The molecule has 96 valence electrons. The molecule has 2 nitrogen and oxygen atoms in total. The van der Waals surface area contributed by atoms with E-state index >= 15 is 0 Å². The lowest BCUT2D eigenvalue weighted by atomic mass is 9.77. The summed E-state index contributed by atoms with van der Waals surface area (Å²) in [5.74, 6) is 2.04. The van der Waals surface area contributed by atoms with Gasteiger partial charge in [0.15, 0.2) is 0 Å². The van der Waals surface area contributed by atoms with Crippen LogP contribution in [0.25, 0.3) is 0 Å². The highest BCUT2D eigenvalue weighted by molar-refractivity contribution is 5.03. The summed E-state index contributed by atoms with van der Waals surface area (Å²) in [6, 6.07) is 3.74. The normalized spacial score (nSPS) is 26.9. The number of aliphatic hydroxyl groups excluding tert-OH is 1. The van der Waals surface area contributed by atoms with Crippen LogP contribution in [0, 0.1) is 11.8 Å². The summed E-state index contributed by atoms with van der Waals surface area (Å²) >= 11 is 0. The fraction of sp³-hybridized carbons (Fsp3) is 0.733. The summed E-state index contributed by atoms with van der Waals surface area (Å²) < 4.78 is 5.29. The van der Waals surface area contributed by atoms with Gasteiger partial charge in [0.25, 0.3) is 0 Å². The first-order valence-electron chi connectivity index (χ1n) is 7.02. The minimum atomic E-state index is -0.392. The first-order chi connectivity index (χ1) is 8.31. The van der Waals surface area contributed by atoms with E-state index in [4.69, 9.17) is 4.42 Å². The lowest BCUT2D eigenvalue weighted by Crippen LogP contribution is -2.20. The molecule has 0 amide bonds. The Morgan fingerprint density at radius 1 is 1.35 bits per heavy atom. The lowest BCUT2D eigenvalue weighted by Gasteiger charge is -2.30. The van der Waals surface area contributed by atoms with Gasteiger partial charge >= 0.3 is 0 Å². The first-order valence-corrected chi connectivity index (χ1v) is 7.02. The molecule has 2 heteroatoms. The van der Waals surface area contributed by atoms with Crippen molar-refractivity contribution < 1.29 is 9.52 Å². The third-order valence-electron chi connectivity index (χ3n) is 4.14. The highest BCUT2D eigenvalue weighted by Crippen LogP contribution is 2.38. The van der Waals surface area contributed by atoms with Gasteiger partial charge in [0.05, 0.1) is 6.26 Å². The summed E-state index contributed by atoms with van der Waals surface area (Å²) in [4.78, 5) is 0. The largest absolute Gasteiger partial charge is 0.467 e. The van der Waals surface area contributed by atoms with Crippen molar-refractivity contribution in [2.45, 2.75) is 58.0 Å². The Labute approximate surface area is 104 Å². The predicted octanol–water partition coefficient (Wildman–Crippen LogP) is 4.31. The van der Waals surface area contributed by atoms with Crippen LogP contribution in [0.4, 0.5) is 0 Å². The SMILES string of the molecule is CCCCC1CCC(C(O)c2ccco2)CC1. The second-order valence-corrected chi connectivity index (χ2v) is 5.38. The number of rotatable bonds is 5. The molecular weight excluding hydrogens is 212 g/mol. The van der Waals surface area contributed by atoms with E-state index in [-0.39, 0.29) is 0 Å². The van der Waals surface area contributed by atoms with Crippen LogP contribution in [0.15, 0.2) is 22.8 Å². The van der Waals surface area contributed by atoms with Crippen molar-refractivity contribution in [3.63, 3.8) is 0 Å². The molecule has 0 radical (unpaired) electrons. The van der Waals surface area contributed by atoms with Crippen LogP contribution in [0.5, 0.6) is 0 Å². The molecule has 1 fully saturated rings. The van der Waals surface area contributed by atoms with Crippen LogP contribution in [0.1, 0.15) is 63.7 Å². The molecule has 1 aromatic rings. The minimum absolute atomic E-state index is 0.392. The lowest BCUT2D eigenvalue weighted by molar-refractivity contribution is 0.0546. The number of unbranched alkanes of at least 4 members (excludes halogenated alkanes) is 1. The molecule has 17 heavy (non-hydrogen) atoms. The van der Waals surface area contributed by atoms with Crippen LogP contribution >= 0.6 is 0 Å².